The molecule has 0 aliphatic carbocycles. The average Bonchev–Trinajstić information content (AvgIpc) is 2.12. The number of hydrogen-bond acceptors (Lipinski definition) is 2. The highest BCUT2D eigenvalue weighted by Crippen LogP contribution is 2.21. The van der Waals surface area contributed by atoms with Crippen LogP contribution in [0.3, 0.4) is 0 Å². The third kappa shape index (κ3) is 9.41. The molecule has 0 spiro atoms. The Morgan fingerprint density at radius 3 is 2.38 bits per heavy atom. The van der Waals surface area contributed by atoms with Gasteiger partial charge in [0.1, 0.15) is 0 Å². The van der Waals surface area contributed by atoms with Crippen molar-refractivity contribution < 1.29 is 21.6 Å². The molecule has 0 bridgehead atoms. The molecule has 0 aliphatic rings. The minimum atomic E-state index is -4.29. The van der Waals surface area contributed by atoms with Crippen LogP contribution in [0.4, 0.5) is 13.2 Å². The normalized spacial score (nSPS) is 15.1. The van der Waals surface area contributed by atoms with E-state index in [0.717, 1.165) is 0 Å². The monoisotopic (exact) mass is 325 g/mol. The average molecular weight is 326 g/mol. The molecule has 0 saturated heterocycles. The molecule has 16 heavy (non-hydrogen) atoms. The van der Waals surface area contributed by atoms with Crippen molar-refractivity contribution in [3.8, 4) is 0 Å². The van der Waals surface area contributed by atoms with E-state index in [9.17, 15) is 21.6 Å². The zero-order chi connectivity index (χ0) is 12.8. The number of halogens is 4. The van der Waals surface area contributed by atoms with Crippen LogP contribution in [-0.4, -0.2) is 32.2 Å². The van der Waals surface area contributed by atoms with Crippen LogP contribution in [0, 0.1) is 5.92 Å². The Kier molecular flexibility index (Phi) is 6.88. The fourth-order valence-electron chi connectivity index (χ4n) is 0.859. The molecule has 1 unspecified atom stereocenters. The highest BCUT2D eigenvalue weighted by molar-refractivity contribution is 9.09. The molecule has 0 aromatic carbocycles. The first-order valence-electron chi connectivity index (χ1n) is 4.76. The minimum Gasteiger partial charge on any atom is -0.215 e. The van der Waals surface area contributed by atoms with Crippen LogP contribution in [0.2, 0.25) is 0 Å². The first-order chi connectivity index (χ1) is 7.16. The molecule has 0 fully saturated rings. The van der Waals surface area contributed by atoms with Gasteiger partial charge in [0.15, 0.2) is 0 Å². The SMILES string of the molecule is CC(CBr)CNS(=O)(=O)CCCC(F)(F)F. The lowest BCUT2D eigenvalue weighted by atomic mass is 10.2. The molecule has 1 atom stereocenters. The highest BCUT2D eigenvalue weighted by atomic mass is 79.9. The molecular formula is C8H15BrF3NO2S. The lowest BCUT2D eigenvalue weighted by Gasteiger charge is -2.10. The summed E-state index contributed by atoms with van der Waals surface area (Å²) in [6.45, 7) is 2.06. The maximum absolute atomic E-state index is 11.8. The third-order valence-corrected chi connectivity index (χ3v) is 4.33. The second-order valence-corrected chi connectivity index (χ2v) is 6.22. The Bertz CT molecular complexity index is 292. The summed E-state index contributed by atoms with van der Waals surface area (Å²) in [6.07, 6.45) is -5.76. The molecule has 0 aliphatic heterocycles. The Hall–Kier alpha value is 0.180. The van der Waals surface area contributed by atoms with Gasteiger partial charge in [-0.1, -0.05) is 22.9 Å². The zero-order valence-electron chi connectivity index (χ0n) is 8.85. The van der Waals surface area contributed by atoms with Crippen molar-refractivity contribution in [2.45, 2.75) is 25.9 Å². The Labute approximate surface area is 102 Å². The Morgan fingerprint density at radius 1 is 1.38 bits per heavy atom. The van der Waals surface area contributed by atoms with Crippen molar-refractivity contribution in [1.82, 2.24) is 4.72 Å². The van der Waals surface area contributed by atoms with Gasteiger partial charge in [-0.3, -0.25) is 0 Å². The second-order valence-electron chi connectivity index (χ2n) is 3.65. The fourth-order valence-corrected chi connectivity index (χ4v) is 2.29. The van der Waals surface area contributed by atoms with Gasteiger partial charge >= 0.3 is 6.18 Å². The Morgan fingerprint density at radius 2 is 1.94 bits per heavy atom. The van der Waals surface area contributed by atoms with E-state index in [1.165, 1.54) is 0 Å². The third-order valence-electron chi connectivity index (χ3n) is 1.79. The largest absolute Gasteiger partial charge is 0.389 e. The van der Waals surface area contributed by atoms with E-state index >= 15 is 0 Å². The summed E-state index contributed by atoms with van der Waals surface area (Å²) < 4.78 is 60.1. The second kappa shape index (κ2) is 6.80. The molecule has 0 rings (SSSR count). The first-order valence-corrected chi connectivity index (χ1v) is 7.54. The van der Waals surface area contributed by atoms with Crippen molar-refractivity contribution in [3.05, 3.63) is 0 Å². The van der Waals surface area contributed by atoms with Crippen molar-refractivity contribution in [1.29, 1.82) is 0 Å². The van der Waals surface area contributed by atoms with Gasteiger partial charge in [0.05, 0.1) is 5.75 Å². The van der Waals surface area contributed by atoms with Gasteiger partial charge in [-0.05, 0) is 12.3 Å². The maximum Gasteiger partial charge on any atom is 0.389 e. The molecule has 0 amide bonds. The number of hydrogen-bond donors (Lipinski definition) is 1. The van der Waals surface area contributed by atoms with Crippen LogP contribution >= 0.6 is 15.9 Å². The summed E-state index contributed by atoms with van der Waals surface area (Å²) in [5.41, 5.74) is 0. The highest BCUT2D eigenvalue weighted by Gasteiger charge is 2.27. The van der Waals surface area contributed by atoms with E-state index in [1.54, 1.807) is 0 Å². The van der Waals surface area contributed by atoms with Gasteiger partial charge in [-0.25, -0.2) is 13.1 Å². The molecule has 1 N–H and O–H groups in total. The van der Waals surface area contributed by atoms with Crippen LogP contribution < -0.4 is 4.72 Å². The van der Waals surface area contributed by atoms with E-state index in [2.05, 4.69) is 20.7 Å². The summed E-state index contributed by atoms with van der Waals surface area (Å²) >= 11 is 3.18. The predicted octanol–water partition coefficient (Wildman–Crippen LogP) is 2.28. The fraction of sp³-hybridized carbons (Fsp3) is 1.00. The van der Waals surface area contributed by atoms with Crippen LogP contribution in [0.1, 0.15) is 19.8 Å². The zero-order valence-corrected chi connectivity index (χ0v) is 11.3. The summed E-state index contributed by atoms with van der Waals surface area (Å²) in [5, 5.41) is 0.637. The summed E-state index contributed by atoms with van der Waals surface area (Å²) in [5.74, 6) is -0.376. The van der Waals surface area contributed by atoms with E-state index in [0.29, 0.717) is 5.33 Å². The van der Waals surface area contributed by atoms with Gasteiger partial charge < -0.3 is 0 Å². The van der Waals surface area contributed by atoms with E-state index < -0.39 is 34.8 Å². The first kappa shape index (κ1) is 16.2. The van der Waals surface area contributed by atoms with Gasteiger partial charge in [0, 0.05) is 18.3 Å². The van der Waals surface area contributed by atoms with Crippen molar-refractivity contribution in [2.24, 2.45) is 5.92 Å². The topological polar surface area (TPSA) is 46.2 Å². The van der Waals surface area contributed by atoms with E-state index in [1.807, 2.05) is 6.92 Å². The molecule has 0 heterocycles. The number of nitrogens with one attached hydrogen (secondary N) is 1. The smallest absolute Gasteiger partial charge is 0.215 e. The predicted molar refractivity (Wildman–Crippen MR) is 60.0 cm³/mol. The summed E-state index contributed by atoms with van der Waals surface area (Å²) in [6, 6.07) is 0. The van der Waals surface area contributed by atoms with Crippen molar-refractivity contribution in [3.63, 3.8) is 0 Å². The minimum absolute atomic E-state index is 0.109. The van der Waals surface area contributed by atoms with E-state index in [-0.39, 0.29) is 12.5 Å². The molecule has 0 saturated carbocycles. The number of alkyl halides is 4. The lowest BCUT2D eigenvalue weighted by Crippen LogP contribution is -2.31. The summed E-state index contributed by atoms with van der Waals surface area (Å²) in [4.78, 5) is 0. The standard InChI is InChI=1S/C8H15BrF3NO2S/c1-7(5-9)6-13-16(14,15)4-2-3-8(10,11)12/h7,13H,2-6H2,1H3. The molecule has 3 nitrogen and oxygen atoms in total. The molecule has 0 radical (unpaired) electrons. The summed E-state index contributed by atoms with van der Waals surface area (Å²) in [7, 11) is -3.58. The lowest BCUT2D eigenvalue weighted by molar-refractivity contribution is -0.134. The molecule has 0 aromatic rings. The molecular weight excluding hydrogens is 311 g/mol. The van der Waals surface area contributed by atoms with Crippen molar-refractivity contribution in [2.75, 3.05) is 17.6 Å². The van der Waals surface area contributed by atoms with Crippen LogP contribution in [0.5, 0.6) is 0 Å². The Balaban J connectivity index is 3.89. The van der Waals surface area contributed by atoms with Gasteiger partial charge in [-0.15, -0.1) is 0 Å². The van der Waals surface area contributed by atoms with Crippen LogP contribution in [0.15, 0.2) is 0 Å². The maximum atomic E-state index is 11.8. The molecule has 0 aromatic heterocycles. The number of rotatable bonds is 7. The molecule has 98 valence electrons. The van der Waals surface area contributed by atoms with Crippen LogP contribution in [0.25, 0.3) is 0 Å². The van der Waals surface area contributed by atoms with Crippen molar-refractivity contribution >= 4 is 26.0 Å². The van der Waals surface area contributed by atoms with E-state index in [4.69, 9.17) is 0 Å². The number of sulfonamides is 1. The van der Waals surface area contributed by atoms with Gasteiger partial charge in [-0.2, -0.15) is 13.2 Å². The van der Waals surface area contributed by atoms with Gasteiger partial charge in [0.25, 0.3) is 0 Å². The van der Waals surface area contributed by atoms with Crippen LogP contribution in [-0.2, 0) is 10.0 Å². The molecule has 8 heteroatoms. The quantitative estimate of drug-likeness (QED) is 0.730. The van der Waals surface area contributed by atoms with Gasteiger partial charge in [0.2, 0.25) is 10.0 Å².